The molecule has 0 radical (unpaired) electrons. The van der Waals surface area contributed by atoms with Crippen molar-refractivity contribution in [2.45, 2.75) is 18.9 Å². The number of halogens is 4. The van der Waals surface area contributed by atoms with E-state index in [0.717, 1.165) is 17.3 Å². The van der Waals surface area contributed by atoms with Crippen LogP contribution in [0.3, 0.4) is 0 Å². The van der Waals surface area contributed by atoms with Crippen LogP contribution in [0.15, 0.2) is 51.4 Å². The maximum atomic E-state index is 12.5. The molecule has 0 aliphatic rings. The van der Waals surface area contributed by atoms with Crippen molar-refractivity contribution >= 4 is 71.9 Å². The summed E-state index contributed by atoms with van der Waals surface area (Å²) in [6.07, 6.45) is 1.28. The summed E-state index contributed by atoms with van der Waals surface area (Å²) >= 11 is 10.2. The maximum Gasteiger partial charge on any atom is 0.237 e. The number of alkyl halides is 1. The summed E-state index contributed by atoms with van der Waals surface area (Å²) in [5.41, 5.74) is 7.38. The number of ether oxygens (including phenoxy) is 1. The molecule has 0 spiro atoms. The predicted octanol–water partition coefficient (Wildman–Crippen LogP) is 4.67. The van der Waals surface area contributed by atoms with Crippen molar-refractivity contribution in [1.29, 1.82) is 0 Å². The summed E-state index contributed by atoms with van der Waals surface area (Å²) in [5, 5.41) is 3.47. The van der Waals surface area contributed by atoms with Crippen LogP contribution in [0.1, 0.15) is 22.3 Å². The van der Waals surface area contributed by atoms with Crippen LogP contribution in [-0.2, 0) is 11.2 Å². The molecule has 5 nitrogen and oxygen atoms in total. The van der Waals surface area contributed by atoms with Gasteiger partial charge in [-0.25, -0.2) is 0 Å². The summed E-state index contributed by atoms with van der Waals surface area (Å²) in [4.78, 5) is 24.6. The molecule has 0 unspecified atom stereocenters. The standard InChI is InChI=1S/C20H21Br3N2O3.ClH/c21-7-4-8-28-19-15(22)10-14(11-16(19)23)18(26)12-25-20(27)17(24)9-13-5-2-1-3-6-13;/h1-3,5-6,10-11,17H,4,7-9,12,24H2,(H,25,27);1H/t17-;/m0./s1. The van der Waals surface area contributed by atoms with Crippen molar-refractivity contribution in [3.05, 3.63) is 62.5 Å². The van der Waals surface area contributed by atoms with E-state index in [9.17, 15) is 9.59 Å². The Morgan fingerprint density at radius 1 is 1.10 bits per heavy atom. The van der Waals surface area contributed by atoms with Crippen LogP contribution in [0.25, 0.3) is 0 Å². The minimum absolute atomic E-state index is 0. The average molecular weight is 614 g/mol. The number of Topliss-reactive ketones (excluding diaryl/α,β-unsaturated/α-hetero) is 1. The van der Waals surface area contributed by atoms with Crippen molar-refractivity contribution < 1.29 is 14.3 Å². The fourth-order valence-electron chi connectivity index (χ4n) is 2.45. The molecule has 3 N–H and O–H groups in total. The minimum Gasteiger partial charge on any atom is -0.491 e. The Hall–Kier alpha value is -0.930. The zero-order valence-electron chi connectivity index (χ0n) is 15.5. The van der Waals surface area contributed by atoms with Crippen LogP contribution in [0.2, 0.25) is 0 Å². The van der Waals surface area contributed by atoms with E-state index in [0.29, 0.717) is 33.3 Å². The van der Waals surface area contributed by atoms with Gasteiger partial charge in [-0.3, -0.25) is 9.59 Å². The molecular weight excluding hydrogens is 591 g/mol. The molecule has 0 aromatic heterocycles. The van der Waals surface area contributed by atoms with E-state index >= 15 is 0 Å². The van der Waals surface area contributed by atoms with Crippen LogP contribution in [0.4, 0.5) is 0 Å². The quantitative estimate of drug-likeness (QED) is 0.232. The van der Waals surface area contributed by atoms with Crippen molar-refractivity contribution in [3.8, 4) is 5.75 Å². The largest absolute Gasteiger partial charge is 0.491 e. The molecule has 1 atom stereocenters. The molecule has 2 aromatic carbocycles. The Bertz CT molecular complexity index is 799. The average Bonchev–Trinajstić information content (AvgIpc) is 2.68. The number of nitrogens with one attached hydrogen (secondary N) is 1. The lowest BCUT2D eigenvalue weighted by molar-refractivity contribution is -0.122. The zero-order chi connectivity index (χ0) is 20.5. The molecule has 0 saturated heterocycles. The van der Waals surface area contributed by atoms with Gasteiger partial charge in [0.25, 0.3) is 0 Å². The van der Waals surface area contributed by atoms with Crippen LogP contribution < -0.4 is 15.8 Å². The van der Waals surface area contributed by atoms with E-state index in [2.05, 4.69) is 53.1 Å². The summed E-state index contributed by atoms with van der Waals surface area (Å²) in [5.74, 6) is 0.0742. The first kappa shape index (κ1) is 26.1. The highest BCUT2D eigenvalue weighted by Crippen LogP contribution is 2.35. The third kappa shape index (κ3) is 8.38. The Morgan fingerprint density at radius 2 is 1.72 bits per heavy atom. The molecule has 29 heavy (non-hydrogen) atoms. The summed E-state index contributed by atoms with van der Waals surface area (Å²) < 4.78 is 7.05. The fourth-order valence-corrected chi connectivity index (χ4v) is 4.09. The molecule has 2 rings (SSSR count). The van der Waals surface area contributed by atoms with Crippen LogP contribution in [-0.4, -0.2) is 36.2 Å². The highest BCUT2D eigenvalue weighted by Gasteiger charge is 2.17. The van der Waals surface area contributed by atoms with Gasteiger partial charge in [-0.1, -0.05) is 46.3 Å². The first-order valence-corrected chi connectivity index (χ1v) is 11.4. The summed E-state index contributed by atoms with van der Waals surface area (Å²) in [7, 11) is 0. The first-order valence-electron chi connectivity index (χ1n) is 8.70. The third-order valence-corrected chi connectivity index (χ3v) is 5.64. The molecule has 0 saturated carbocycles. The van der Waals surface area contributed by atoms with E-state index in [-0.39, 0.29) is 30.6 Å². The van der Waals surface area contributed by atoms with E-state index < -0.39 is 6.04 Å². The molecule has 9 heteroatoms. The van der Waals surface area contributed by atoms with Gasteiger partial charge in [0.15, 0.2) is 5.78 Å². The van der Waals surface area contributed by atoms with Gasteiger partial charge in [0, 0.05) is 10.9 Å². The van der Waals surface area contributed by atoms with Gasteiger partial charge >= 0.3 is 0 Å². The summed E-state index contributed by atoms with van der Waals surface area (Å²) in [6, 6.07) is 12.2. The number of rotatable bonds is 10. The Kier molecular flexibility index (Phi) is 12.1. The highest BCUT2D eigenvalue weighted by atomic mass is 79.9. The molecule has 0 aliphatic carbocycles. The van der Waals surface area contributed by atoms with Gasteiger partial charge in [-0.2, -0.15) is 0 Å². The lowest BCUT2D eigenvalue weighted by Gasteiger charge is -2.13. The second-order valence-electron chi connectivity index (χ2n) is 6.10. The Labute approximate surface area is 201 Å². The lowest BCUT2D eigenvalue weighted by atomic mass is 10.1. The number of carbonyl (C=O) groups excluding carboxylic acids is 2. The van der Waals surface area contributed by atoms with Gasteiger partial charge < -0.3 is 15.8 Å². The maximum absolute atomic E-state index is 12.5. The van der Waals surface area contributed by atoms with Crippen LogP contribution in [0.5, 0.6) is 5.75 Å². The summed E-state index contributed by atoms with van der Waals surface area (Å²) in [6.45, 7) is 0.440. The zero-order valence-corrected chi connectivity index (χ0v) is 21.1. The smallest absolute Gasteiger partial charge is 0.237 e. The number of ketones is 1. The SMILES string of the molecule is Cl.N[C@@H](Cc1ccccc1)C(=O)NCC(=O)c1cc(Br)c(OCCCBr)c(Br)c1. The third-order valence-electron chi connectivity index (χ3n) is 3.90. The van der Waals surface area contributed by atoms with Crippen molar-refractivity contribution in [2.24, 2.45) is 5.73 Å². The normalized spacial score (nSPS) is 11.3. The van der Waals surface area contributed by atoms with E-state index in [1.54, 1.807) is 12.1 Å². The molecule has 0 aliphatic heterocycles. The molecule has 0 heterocycles. The topological polar surface area (TPSA) is 81.4 Å². The molecule has 158 valence electrons. The second kappa shape index (κ2) is 13.4. The Morgan fingerprint density at radius 3 is 2.31 bits per heavy atom. The van der Waals surface area contributed by atoms with Crippen molar-refractivity contribution in [1.82, 2.24) is 5.32 Å². The van der Waals surface area contributed by atoms with Gasteiger partial charge in [0.05, 0.1) is 28.1 Å². The molecule has 0 fully saturated rings. The van der Waals surface area contributed by atoms with Gasteiger partial charge in [0.1, 0.15) is 5.75 Å². The molecule has 2 aromatic rings. The number of carbonyl (C=O) groups is 2. The first-order chi connectivity index (χ1) is 13.4. The van der Waals surface area contributed by atoms with Crippen molar-refractivity contribution in [3.63, 3.8) is 0 Å². The van der Waals surface area contributed by atoms with Crippen molar-refractivity contribution in [2.75, 3.05) is 18.5 Å². The number of nitrogens with two attached hydrogens (primary N) is 1. The second-order valence-corrected chi connectivity index (χ2v) is 8.60. The monoisotopic (exact) mass is 610 g/mol. The van der Waals surface area contributed by atoms with E-state index in [4.69, 9.17) is 10.5 Å². The van der Waals surface area contributed by atoms with E-state index in [1.165, 1.54) is 0 Å². The van der Waals surface area contributed by atoms with Gasteiger partial charge in [-0.15, -0.1) is 12.4 Å². The number of hydrogen-bond acceptors (Lipinski definition) is 4. The number of amides is 1. The fraction of sp³-hybridized carbons (Fsp3) is 0.300. The Balaban J connectivity index is 0.00000420. The molecule has 0 bridgehead atoms. The number of hydrogen-bond donors (Lipinski definition) is 2. The van der Waals surface area contributed by atoms with Crippen LogP contribution >= 0.6 is 60.2 Å². The van der Waals surface area contributed by atoms with E-state index in [1.807, 2.05) is 30.3 Å². The number of benzene rings is 2. The molecule has 1 amide bonds. The minimum atomic E-state index is -0.709. The predicted molar refractivity (Wildman–Crippen MR) is 128 cm³/mol. The lowest BCUT2D eigenvalue weighted by Crippen LogP contribution is -2.43. The molecular formula is C20H22Br3ClN2O3. The highest BCUT2D eigenvalue weighted by molar-refractivity contribution is 9.11. The van der Waals surface area contributed by atoms with Gasteiger partial charge in [0.2, 0.25) is 5.91 Å². The van der Waals surface area contributed by atoms with Gasteiger partial charge in [-0.05, 0) is 62.4 Å². The van der Waals surface area contributed by atoms with Crippen LogP contribution in [0, 0.1) is 0 Å².